The van der Waals surface area contributed by atoms with Crippen LogP contribution in [0.1, 0.15) is 0 Å². The number of anilines is 2. The lowest BCUT2D eigenvalue weighted by Gasteiger charge is -2.05. The zero-order chi connectivity index (χ0) is 10.4. The molecular formula is C8H9N5O2. The second kappa shape index (κ2) is 2.78. The number of aromatic nitrogens is 2. The maximum absolute atomic E-state index is 10.7. The highest BCUT2D eigenvalue weighted by molar-refractivity contribution is 5.62. The average Bonchev–Trinajstić information content (AvgIpc) is 3.07. The summed E-state index contributed by atoms with van der Waals surface area (Å²) in [5, 5.41) is 10.7. The molecule has 3 heterocycles. The number of nitro groups is 1. The minimum Gasteiger partial charge on any atom is -0.347 e. The van der Waals surface area contributed by atoms with E-state index in [-0.39, 0.29) is 5.69 Å². The first-order valence-corrected chi connectivity index (χ1v) is 4.77. The number of nitrogens with zero attached hydrogens (tertiary/aromatic N) is 5. The minimum atomic E-state index is -0.431. The molecule has 0 aromatic carbocycles. The number of hydrogen-bond donors (Lipinski definition) is 0. The van der Waals surface area contributed by atoms with E-state index in [4.69, 9.17) is 0 Å². The van der Waals surface area contributed by atoms with Crippen LogP contribution in [0, 0.1) is 10.1 Å². The van der Waals surface area contributed by atoms with Crippen molar-refractivity contribution in [3.63, 3.8) is 0 Å². The average molecular weight is 207 g/mol. The summed E-state index contributed by atoms with van der Waals surface area (Å²) in [7, 11) is 0. The topological polar surface area (TPSA) is 74.9 Å². The van der Waals surface area contributed by atoms with Crippen molar-refractivity contribution in [1.82, 2.24) is 9.97 Å². The molecule has 0 radical (unpaired) electrons. The van der Waals surface area contributed by atoms with Crippen LogP contribution in [0.4, 0.5) is 17.5 Å². The van der Waals surface area contributed by atoms with Gasteiger partial charge >= 0.3 is 5.69 Å². The van der Waals surface area contributed by atoms with E-state index in [2.05, 4.69) is 9.97 Å². The van der Waals surface area contributed by atoms with E-state index in [1.807, 2.05) is 9.80 Å². The van der Waals surface area contributed by atoms with Crippen LogP contribution in [0.5, 0.6) is 0 Å². The molecule has 0 saturated carbocycles. The lowest BCUT2D eigenvalue weighted by Crippen LogP contribution is -2.06. The molecule has 2 aliphatic heterocycles. The van der Waals surface area contributed by atoms with Gasteiger partial charge in [0.15, 0.2) is 0 Å². The molecule has 1 aromatic rings. The predicted molar refractivity (Wildman–Crippen MR) is 53.1 cm³/mol. The maximum Gasteiger partial charge on any atom is 0.329 e. The predicted octanol–water partition coefficient (Wildman–Crippen LogP) is 0.0248. The molecule has 2 aliphatic rings. The van der Waals surface area contributed by atoms with Gasteiger partial charge in [-0.15, -0.1) is 0 Å². The van der Waals surface area contributed by atoms with Gasteiger partial charge in [-0.2, -0.15) is 4.98 Å². The van der Waals surface area contributed by atoms with Crippen LogP contribution in [-0.4, -0.2) is 41.1 Å². The Bertz CT molecular complexity index is 427. The van der Waals surface area contributed by atoms with Gasteiger partial charge in [0, 0.05) is 26.2 Å². The molecule has 7 heteroatoms. The van der Waals surface area contributed by atoms with E-state index < -0.39 is 4.92 Å². The molecule has 2 saturated heterocycles. The van der Waals surface area contributed by atoms with Gasteiger partial charge in [0.25, 0.3) is 0 Å². The molecule has 0 N–H and O–H groups in total. The van der Waals surface area contributed by atoms with Crippen molar-refractivity contribution >= 4 is 17.5 Å². The van der Waals surface area contributed by atoms with E-state index >= 15 is 0 Å². The Balaban J connectivity index is 2.03. The van der Waals surface area contributed by atoms with Crippen LogP contribution in [0.25, 0.3) is 0 Å². The lowest BCUT2D eigenvalue weighted by molar-refractivity contribution is -0.384. The molecule has 3 rings (SSSR count). The third-order valence-electron chi connectivity index (χ3n) is 2.41. The van der Waals surface area contributed by atoms with E-state index in [0.29, 0.717) is 11.8 Å². The first-order chi connectivity index (χ1) is 7.25. The van der Waals surface area contributed by atoms with Crippen molar-refractivity contribution in [2.24, 2.45) is 0 Å². The zero-order valence-electron chi connectivity index (χ0n) is 7.96. The van der Waals surface area contributed by atoms with Gasteiger partial charge < -0.3 is 9.80 Å². The summed E-state index contributed by atoms with van der Waals surface area (Å²) in [6.45, 7) is 3.57. The van der Waals surface area contributed by atoms with Gasteiger partial charge in [-0.25, -0.2) is 4.98 Å². The molecule has 1 aromatic heterocycles. The third-order valence-corrected chi connectivity index (χ3v) is 2.41. The highest BCUT2D eigenvalue weighted by Crippen LogP contribution is 2.31. The smallest absolute Gasteiger partial charge is 0.329 e. The van der Waals surface area contributed by atoms with E-state index in [1.54, 1.807) is 0 Å². The fourth-order valence-electron chi connectivity index (χ4n) is 1.38. The Kier molecular flexibility index (Phi) is 1.56. The standard InChI is InChI=1S/C8H9N5O2/c14-13(15)6-5-9-8(12-3-4-12)10-7(6)11-1-2-11/h5H,1-4H2. The fraction of sp³-hybridized carbons (Fsp3) is 0.500. The molecule has 0 unspecified atom stereocenters. The molecule has 0 bridgehead atoms. The maximum atomic E-state index is 10.7. The molecule has 0 spiro atoms. The molecule has 0 amide bonds. The van der Waals surface area contributed by atoms with Gasteiger partial charge in [0.05, 0.1) is 4.92 Å². The number of rotatable bonds is 3. The van der Waals surface area contributed by atoms with E-state index in [9.17, 15) is 10.1 Å². The Morgan fingerprint density at radius 3 is 2.47 bits per heavy atom. The molecule has 0 aliphatic carbocycles. The molecule has 78 valence electrons. The zero-order valence-corrected chi connectivity index (χ0v) is 7.96. The van der Waals surface area contributed by atoms with Crippen molar-refractivity contribution in [2.45, 2.75) is 0 Å². The SMILES string of the molecule is O=[N+]([O-])c1cnc(N2CC2)nc1N1CC1. The van der Waals surface area contributed by atoms with Gasteiger partial charge in [-0.1, -0.05) is 0 Å². The lowest BCUT2D eigenvalue weighted by atomic mass is 10.5. The molecular weight excluding hydrogens is 198 g/mol. The largest absolute Gasteiger partial charge is 0.347 e. The molecule has 0 atom stereocenters. The van der Waals surface area contributed by atoms with Crippen LogP contribution < -0.4 is 9.80 Å². The minimum absolute atomic E-state index is 0.00176. The highest BCUT2D eigenvalue weighted by atomic mass is 16.6. The highest BCUT2D eigenvalue weighted by Gasteiger charge is 2.31. The first kappa shape index (κ1) is 8.39. The first-order valence-electron chi connectivity index (χ1n) is 4.77. The Morgan fingerprint density at radius 2 is 1.93 bits per heavy atom. The Labute approximate surface area is 85.5 Å². The number of hydrogen-bond acceptors (Lipinski definition) is 6. The van der Waals surface area contributed by atoms with Crippen LogP contribution in [0.15, 0.2) is 6.20 Å². The Hall–Kier alpha value is -1.92. The molecule has 7 nitrogen and oxygen atoms in total. The molecule has 15 heavy (non-hydrogen) atoms. The monoisotopic (exact) mass is 207 g/mol. The van der Waals surface area contributed by atoms with Crippen LogP contribution in [-0.2, 0) is 0 Å². The van der Waals surface area contributed by atoms with Gasteiger partial charge in [0.1, 0.15) is 6.20 Å². The summed E-state index contributed by atoms with van der Waals surface area (Å²) >= 11 is 0. The second-order valence-electron chi connectivity index (χ2n) is 3.61. The van der Waals surface area contributed by atoms with Crippen molar-refractivity contribution in [1.29, 1.82) is 0 Å². The van der Waals surface area contributed by atoms with Crippen LogP contribution >= 0.6 is 0 Å². The summed E-state index contributed by atoms with van der Waals surface area (Å²) in [6.07, 6.45) is 1.30. The fourth-order valence-corrected chi connectivity index (χ4v) is 1.38. The molecule has 2 fully saturated rings. The van der Waals surface area contributed by atoms with Crippen molar-refractivity contribution in [2.75, 3.05) is 36.0 Å². The second-order valence-corrected chi connectivity index (χ2v) is 3.61. The summed E-state index contributed by atoms with van der Waals surface area (Å²) in [5.74, 6) is 1.06. The van der Waals surface area contributed by atoms with Crippen molar-refractivity contribution in [3.05, 3.63) is 16.3 Å². The van der Waals surface area contributed by atoms with Crippen LogP contribution in [0.3, 0.4) is 0 Å². The third kappa shape index (κ3) is 1.45. The van der Waals surface area contributed by atoms with Gasteiger partial charge in [-0.3, -0.25) is 10.1 Å². The van der Waals surface area contributed by atoms with Crippen molar-refractivity contribution < 1.29 is 4.92 Å². The van der Waals surface area contributed by atoms with Gasteiger partial charge in [-0.05, 0) is 0 Å². The summed E-state index contributed by atoms with van der Waals surface area (Å²) in [6, 6.07) is 0. The van der Waals surface area contributed by atoms with Crippen molar-refractivity contribution in [3.8, 4) is 0 Å². The van der Waals surface area contributed by atoms with Crippen LogP contribution in [0.2, 0.25) is 0 Å². The Morgan fingerprint density at radius 1 is 1.27 bits per heavy atom. The summed E-state index contributed by atoms with van der Waals surface area (Å²) < 4.78 is 0. The normalized spacial score (nSPS) is 17.9. The van der Waals surface area contributed by atoms with E-state index in [1.165, 1.54) is 6.20 Å². The summed E-state index contributed by atoms with van der Waals surface area (Å²) in [5.41, 5.74) is -0.00176. The quantitative estimate of drug-likeness (QED) is 0.395. The van der Waals surface area contributed by atoms with E-state index in [0.717, 1.165) is 26.2 Å². The summed E-state index contributed by atoms with van der Waals surface area (Å²) in [4.78, 5) is 22.3. The van der Waals surface area contributed by atoms with Gasteiger partial charge in [0.2, 0.25) is 11.8 Å².